The van der Waals surface area contributed by atoms with E-state index in [4.69, 9.17) is 23.3 Å². The lowest BCUT2D eigenvalue weighted by molar-refractivity contribution is -0.177. The van der Waals surface area contributed by atoms with E-state index in [1.165, 1.54) is 13.8 Å². The standard InChI is InChI=1S/C30H43O11PS/c1-21(37-27(31)29(3,4)5)40-42(33,41-22(2)38-28(32)30(6,7)8)26(43(34,35)36)20-25(19-23-15-11-9-12-16-23)39-24-17-13-10-14-18-24/h9-18,21-22,25-26H,19-20H2,1-8H3,(H,34,35,36). The van der Waals surface area contributed by atoms with Crippen LogP contribution in [0.5, 0.6) is 5.75 Å². The Hall–Kier alpha value is -2.76. The molecule has 0 amide bonds. The van der Waals surface area contributed by atoms with Gasteiger partial charge in [-0.05, 0) is 73.1 Å². The predicted octanol–water partition coefficient (Wildman–Crippen LogP) is 6.38. The van der Waals surface area contributed by atoms with Gasteiger partial charge in [-0.15, -0.1) is 0 Å². The van der Waals surface area contributed by atoms with Crippen molar-refractivity contribution in [3.05, 3.63) is 66.2 Å². The minimum Gasteiger partial charge on any atom is -0.490 e. The largest absolute Gasteiger partial charge is 0.490 e. The molecule has 0 aliphatic carbocycles. The number of carbonyl (C=O) groups excluding carboxylic acids is 2. The second kappa shape index (κ2) is 14.8. The molecule has 0 aliphatic rings. The SMILES string of the molecule is CC(OC(=O)C(C)(C)C)OP(=O)(OC(C)OC(=O)C(C)(C)C)C(CC(Cc1ccccc1)Oc1ccccc1)S(=O)(=O)O. The lowest BCUT2D eigenvalue weighted by Gasteiger charge is -2.32. The molecule has 4 atom stereocenters. The van der Waals surface area contributed by atoms with E-state index in [9.17, 15) is 27.1 Å². The van der Waals surface area contributed by atoms with Gasteiger partial charge in [0.25, 0.3) is 10.1 Å². The number of hydrogen-bond acceptors (Lipinski definition) is 10. The molecule has 240 valence electrons. The van der Waals surface area contributed by atoms with Crippen LogP contribution in [0, 0.1) is 10.8 Å². The molecule has 11 nitrogen and oxygen atoms in total. The third kappa shape index (κ3) is 12.0. The van der Waals surface area contributed by atoms with Crippen LogP contribution in [0.1, 0.15) is 67.4 Å². The highest BCUT2D eigenvalue weighted by Gasteiger charge is 2.50. The van der Waals surface area contributed by atoms with Crippen molar-refractivity contribution < 1.29 is 50.4 Å². The second-order valence-electron chi connectivity index (χ2n) is 12.1. The fraction of sp³-hybridized carbons (Fsp3) is 0.533. The summed E-state index contributed by atoms with van der Waals surface area (Å²) in [6.07, 6.45) is -4.52. The molecule has 0 saturated carbocycles. The van der Waals surface area contributed by atoms with Crippen LogP contribution in [0.25, 0.3) is 0 Å². The topological polar surface area (TPSA) is 152 Å². The summed E-state index contributed by atoms with van der Waals surface area (Å²) in [5, 5.41) is 0. The normalized spacial score (nSPS) is 16.7. The molecule has 43 heavy (non-hydrogen) atoms. The molecule has 0 spiro atoms. The third-order valence-electron chi connectivity index (χ3n) is 5.87. The van der Waals surface area contributed by atoms with Crippen molar-refractivity contribution in [2.24, 2.45) is 10.8 Å². The minimum absolute atomic E-state index is 0.158. The zero-order chi connectivity index (χ0) is 32.6. The Balaban J connectivity index is 2.53. The average Bonchev–Trinajstić information content (AvgIpc) is 2.86. The first-order valence-electron chi connectivity index (χ1n) is 13.8. The van der Waals surface area contributed by atoms with E-state index >= 15 is 0 Å². The first kappa shape index (κ1) is 36.4. The Morgan fingerprint density at radius 3 is 1.60 bits per heavy atom. The van der Waals surface area contributed by atoms with Gasteiger partial charge in [0.15, 0.2) is 4.99 Å². The number of carbonyl (C=O) groups is 2. The zero-order valence-electron chi connectivity index (χ0n) is 25.9. The minimum atomic E-state index is -5.18. The maximum absolute atomic E-state index is 14.5. The van der Waals surface area contributed by atoms with E-state index in [-0.39, 0.29) is 6.42 Å². The van der Waals surface area contributed by atoms with Crippen LogP contribution in [0.2, 0.25) is 0 Å². The molecule has 2 rings (SSSR count). The summed E-state index contributed by atoms with van der Waals surface area (Å²) in [4.78, 5) is 22.8. The Labute approximate surface area is 254 Å². The summed E-state index contributed by atoms with van der Waals surface area (Å²) < 4.78 is 78.3. The smallest absolute Gasteiger partial charge is 0.357 e. The zero-order valence-corrected chi connectivity index (χ0v) is 27.6. The number of esters is 2. The maximum Gasteiger partial charge on any atom is 0.357 e. The highest BCUT2D eigenvalue weighted by atomic mass is 32.2. The van der Waals surface area contributed by atoms with Gasteiger partial charge >= 0.3 is 19.5 Å². The number of hydrogen-bond donors (Lipinski definition) is 1. The molecule has 0 heterocycles. The van der Waals surface area contributed by atoms with Crippen LogP contribution in [0.3, 0.4) is 0 Å². The van der Waals surface area contributed by atoms with Crippen LogP contribution >= 0.6 is 7.60 Å². The Morgan fingerprint density at radius 2 is 1.21 bits per heavy atom. The molecule has 13 heteroatoms. The van der Waals surface area contributed by atoms with Gasteiger partial charge < -0.3 is 14.2 Å². The van der Waals surface area contributed by atoms with Crippen molar-refractivity contribution in [3.8, 4) is 5.75 Å². The van der Waals surface area contributed by atoms with E-state index in [0.29, 0.717) is 5.75 Å². The summed E-state index contributed by atoms with van der Waals surface area (Å²) in [6, 6.07) is 17.6. The molecule has 2 aromatic rings. The van der Waals surface area contributed by atoms with Crippen molar-refractivity contribution in [2.75, 3.05) is 0 Å². The molecule has 1 N–H and O–H groups in total. The molecular weight excluding hydrogens is 599 g/mol. The molecule has 0 radical (unpaired) electrons. The van der Waals surface area contributed by atoms with Gasteiger partial charge in [0.05, 0.1) is 10.8 Å². The molecule has 0 bridgehead atoms. The van der Waals surface area contributed by atoms with Crippen molar-refractivity contribution in [1.82, 2.24) is 0 Å². The van der Waals surface area contributed by atoms with Crippen molar-refractivity contribution in [2.45, 2.75) is 91.9 Å². The maximum atomic E-state index is 14.5. The average molecular weight is 643 g/mol. The molecule has 4 unspecified atom stereocenters. The molecule has 0 aliphatic heterocycles. The van der Waals surface area contributed by atoms with Crippen molar-refractivity contribution >= 4 is 29.7 Å². The predicted molar refractivity (Wildman–Crippen MR) is 161 cm³/mol. The van der Waals surface area contributed by atoms with E-state index in [1.54, 1.807) is 96.1 Å². The van der Waals surface area contributed by atoms with E-state index < -0.39 is 70.6 Å². The highest BCUT2D eigenvalue weighted by molar-refractivity contribution is 7.94. The Morgan fingerprint density at radius 1 is 0.791 bits per heavy atom. The van der Waals surface area contributed by atoms with Gasteiger partial charge in [0, 0.05) is 12.8 Å². The fourth-order valence-electron chi connectivity index (χ4n) is 3.65. The van der Waals surface area contributed by atoms with E-state index in [1.807, 2.05) is 6.07 Å². The van der Waals surface area contributed by atoms with E-state index in [2.05, 4.69) is 0 Å². The van der Waals surface area contributed by atoms with Gasteiger partial charge in [-0.1, -0.05) is 48.5 Å². The Kier molecular flexibility index (Phi) is 12.5. The van der Waals surface area contributed by atoms with Gasteiger partial charge in [-0.25, -0.2) is 0 Å². The molecule has 0 fully saturated rings. The van der Waals surface area contributed by atoms with Crippen molar-refractivity contribution in [3.63, 3.8) is 0 Å². The van der Waals surface area contributed by atoms with Crippen LogP contribution in [-0.2, 0) is 49.2 Å². The number of rotatable bonds is 14. The molecule has 0 saturated heterocycles. The van der Waals surface area contributed by atoms with Gasteiger partial charge in [0.1, 0.15) is 11.9 Å². The summed E-state index contributed by atoms with van der Waals surface area (Å²) in [7, 11) is -10.2. The van der Waals surface area contributed by atoms with Crippen LogP contribution < -0.4 is 4.74 Å². The monoisotopic (exact) mass is 642 g/mol. The summed E-state index contributed by atoms with van der Waals surface area (Å²) in [5.41, 5.74) is -1.16. The number of ether oxygens (including phenoxy) is 3. The molecular formula is C30H43O11PS. The summed E-state index contributed by atoms with van der Waals surface area (Å²) in [5.74, 6) is -1.05. The van der Waals surface area contributed by atoms with Gasteiger partial charge in [-0.3, -0.25) is 27.8 Å². The highest BCUT2D eigenvalue weighted by Crippen LogP contribution is 2.58. The van der Waals surface area contributed by atoms with Crippen molar-refractivity contribution in [1.29, 1.82) is 0 Å². The lowest BCUT2D eigenvalue weighted by Crippen LogP contribution is -2.35. The third-order valence-corrected chi connectivity index (χ3v) is 10.4. The van der Waals surface area contributed by atoms with Gasteiger partial charge in [-0.2, -0.15) is 8.42 Å². The van der Waals surface area contributed by atoms with Gasteiger partial charge in [0.2, 0.25) is 12.6 Å². The number of benzene rings is 2. The van der Waals surface area contributed by atoms with E-state index in [0.717, 1.165) is 5.56 Å². The van der Waals surface area contributed by atoms with Crippen LogP contribution in [0.15, 0.2) is 60.7 Å². The first-order chi connectivity index (χ1) is 19.7. The quantitative estimate of drug-likeness (QED) is 0.106. The molecule has 0 aromatic heterocycles. The van der Waals surface area contributed by atoms with Crippen LogP contribution in [0.4, 0.5) is 0 Å². The van der Waals surface area contributed by atoms with Crippen LogP contribution in [-0.4, -0.2) is 48.6 Å². The number of para-hydroxylation sites is 1. The summed E-state index contributed by atoms with van der Waals surface area (Å²) >= 11 is 0. The second-order valence-corrected chi connectivity index (χ2v) is 16.2. The molecule has 2 aromatic carbocycles. The first-order valence-corrected chi connectivity index (χ1v) is 16.9. The fourth-order valence-corrected chi connectivity index (χ4v) is 7.44. The Bertz CT molecular complexity index is 1270. The summed E-state index contributed by atoms with van der Waals surface area (Å²) in [6.45, 7) is 12.0. The lowest BCUT2D eigenvalue weighted by atomic mass is 9.97.